The predicted octanol–water partition coefficient (Wildman–Crippen LogP) is 2.95. The number of imidazole rings is 1. The molecule has 1 amide bonds. The van der Waals surface area contributed by atoms with Gasteiger partial charge in [-0.3, -0.25) is 4.79 Å². The van der Waals surface area contributed by atoms with Crippen molar-refractivity contribution in [1.82, 2.24) is 13.9 Å². The fourth-order valence-electron chi connectivity index (χ4n) is 3.46. The number of carbonyl (C=O) groups excluding carboxylic acids is 1. The van der Waals surface area contributed by atoms with E-state index in [0.29, 0.717) is 49.2 Å². The zero-order chi connectivity index (χ0) is 22.7. The quantitative estimate of drug-likeness (QED) is 0.525. The minimum absolute atomic E-state index is 0.111. The van der Waals surface area contributed by atoms with Crippen molar-refractivity contribution in [2.75, 3.05) is 37.4 Å². The Labute approximate surface area is 189 Å². The number of benzene rings is 2. The molecule has 0 atom stereocenters. The molecule has 1 N–H and O–H groups in total. The van der Waals surface area contributed by atoms with Crippen LogP contribution in [0.1, 0.15) is 6.92 Å². The number of carbonyl (C=O) groups is 1. The standard InChI is InChI=1S/C21H23FN4O4S2/c1-2-26-19-8-7-17(32(28,29)25-9-11-30-12-10-25)13-18(19)24-21(26)31-14-20(27)23-16-5-3-15(22)4-6-16/h3-8,13H,2,9-12,14H2,1H3,(H,23,27). The molecular weight excluding hydrogens is 455 g/mol. The van der Waals surface area contributed by atoms with Crippen LogP contribution in [0.4, 0.5) is 10.1 Å². The number of ether oxygens (including phenoxy) is 1. The van der Waals surface area contributed by atoms with E-state index >= 15 is 0 Å². The van der Waals surface area contributed by atoms with Gasteiger partial charge >= 0.3 is 0 Å². The highest BCUT2D eigenvalue weighted by Crippen LogP contribution is 2.27. The van der Waals surface area contributed by atoms with Gasteiger partial charge in [0.1, 0.15) is 5.82 Å². The maximum absolute atomic E-state index is 13.0. The minimum Gasteiger partial charge on any atom is -0.379 e. The fourth-order valence-corrected chi connectivity index (χ4v) is 5.77. The summed E-state index contributed by atoms with van der Waals surface area (Å²) in [5.74, 6) is -0.504. The molecule has 1 saturated heterocycles. The summed E-state index contributed by atoms with van der Waals surface area (Å²) in [6, 6.07) is 10.5. The monoisotopic (exact) mass is 478 g/mol. The first-order chi connectivity index (χ1) is 15.4. The Kier molecular flexibility index (Phi) is 6.79. The van der Waals surface area contributed by atoms with Crippen molar-refractivity contribution >= 4 is 44.4 Å². The first-order valence-electron chi connectivity index (χ1n) is 10.1. The number of nitrogens with one attached hydrogen (secondary N) is 1. The van der Waals surface area contributed by atoms with Crippen molar-refractivity contribution in [3.63, 3.8) is 0 Å². The van der Waals surface area contributed by atoms with Crippen LogP contribution in [0.15, 0.2) is 52.5 Å². The number of hydrogen-bond donors (Lipinski definition) is 1. The van der Waals surface area contributed by atoms with Crippen LogP contribution >= 0.6 is 11.8 Å². The van der Waals surface area contributed by atoms with E-state index in [1.807, 2.05) is 11.5 Å². The highest BCUT2D eigenvalue weighted by Gasteiger charge is 2.27. The molecule has 0 aliphatic carbocycles. The second kappa shape index (κ2) is 9.57. The number of sulfonamides is 1. The molecule has 0 spiro atoms. The third kappa shape index (κ3) is 4.80. The molecule has 8 nitrogen and oxygen atoms in total. The van der Waals surface area contributed by atoms with Crippen molar-refractivity contribution < 1.29 is 22.3 Å². The average Bonchev–Trinajstić information content (AvgIpc) is 3.16. The van der Waals surface area contributed by atoms with Crippen molar-refractivity contribution in [3.8, 4) is 0 Å². The van der Waals surface area contributed by atoms with Crippen LogP contribution < -0.4 is 5.32 Å². The molecule has 0 unspecified atom stereocenters. The normalized spacial score (nSPS) is 15.2. The van der Waals surface area contributed by atoms with E-state index in [-0.39, 0.29) is 22.4 Å². The number of nitrogens with zero attached hydrogens (tertiary/aromatic N) is 3. The number of anilines is 1. The van der Waals surface area contributed by atoms with Gasteiger partial charge in [0.2, 0.25) is 15.9 Å². The first kappa shape index (κ1) is 22.7. The lowest BCUT2D eigenvalue weighted by Crippen LogP contribution is -2.40. The third-order valence-electron chi connectivity index (χ3n) is 5.07. The number of amides is 1. The van der Waals surface area contributed by atoms with Gasteiger partial charge in [-0.1, -0.05) is 11.8 Å². The average molecular weight is 479 g/mol. The Hall–Kier alpha value is -2.47. The van der Waals surface area contributed by atoms with Crippen molar-refractivity contribution in [2.45, 2.75) is 23.5 Å². The number of aromatic nitrogens is 2. The van der Waals surface area contributed by atoms with Crippen LogP contribution in [0.25, 0.3) is 11.0 Å². The number of thioether (sulfide) groups is 1. The van der Waals surface area contributed by atoms with Crippen LogP contribution in [-0.4, -0.2) is 60.2 Å². The van der Waals surface area contributed by atoms with E-state index in [2.05, 4.69) is 10.3 Å². The number of morpholine rings is 1. The summed E-state index contributed by atoms with van der Waals surface area (Å²) in [5, 5.41) is 3.34. The Bertz CT molecular complexity index is 1220. The van der Waals surface area contributed by atoms with E-state index in [1.165, 1.54) is 40.3 Å². The summed E-state index contributed by atoms with van der Waals surface area (Å²) in [7, 11) is -3.62. The molecule has 2 heterocycles. The third-order valence-corrected chi connectivity index (χ3v) is 7.94. The molecule has 32 heavy (non-hydrogen) atoms. The van der Waals surface area contributed by atoms with Crippen LogP contribution in [0.5, 0.6) is 0 Å². The Morgan fingerprint density at radius 1 is 1.19 bits per heavy atom. The Balaban J connectivity index is 1.52. The Morgan fingerprint density at radius 2 is 1.91 bits per heavy atom. The number of halogens is 1. The maximum Gasteiger partial charge on any atom is 0.243 e. The molecule has 11 heteroatoms. The van der Waals surface area contributed by atoms with Gasteiger partial charge in [-0.25, -0.2) is 17.8 Å². The van der Waals surface area contributed by atoms with Crippen molar-refractivity contribution in [1.29, 1.82) is 0 Å². The van der Waals surface area contributed by atoms with Crippen LogP contribution in [0, 0.1) is 5.82 Å². The van der Waals surface area contributed by atoms with Gasteiger partial charge in [-0.05, 0) is 49.4 Å². The first-order valence-corrected chi connectivity index (χ1v) is 12.6. The summed E-state index contributed by atoms with van der Waals surface area (Å²) >= 11 is 1.26. The summed E-state index contributed by atoms with van der Waals surface area (Å²) in [5.41, 5.74) is 1.87. The van der Waals surface area contributed by atoms with Crippen LogP contribution in [0.2, 0.25) is 0 Å². The van der Waals surface area contributed by atoms with E-state index < -0.39 is 10.0 Å². The van der Waals surface area contributed by atoms with Gasteiger partial charge < -0.3 is 14.6 Å². The predicted molar refractivity (Wildman–Crippen MR) is 121 cm³/mol. The van der Waals surface area contributed by atoms with Gasteiger partial charge in [-0.2, -0.15) is 4.31 Å². The van der Waals surface area contributed by atoms with E-state index in [9.17, 15) is 17.6 Å². The summed E-state index contributed by atoms with van der Waals surface area (Å²) < 4.78 is 47.5. The van der Waals surface area contributed by atoms with Gasteiger partial charge in [-0.15, -0.1) is 0 Å². The molecule has 1 fully saturated rings. The van der Waals surface area contributed by atoms with Crippen molar-refractivity contribution in [3.05, 3.63) is 48.3 Å². The van der Waals surface area contributed by atoms with Gasteiger partial charge in [0, 0.05) is 25.3 Å². The summed E-state index contributed by atoms with van der Waals surface area (Å²) in [6.07, 6.45) is 0. The molecule has 0 saturated carbocycles. The molecular formula is C21H23FN4O4S2. The number of aryl methyl sites for hydroxylation is 1. The van der Waals surface area contributed by atoms with Crippen LogP contribution in [0.3, 0.4) is 0 Å². The molecule has 0 bridgehead atoms. The summed E-state index contributed by atoms with van der Waals surface area (Å²) in [6.45, 7) is 4.00. The van der Waals surface area contributed by atoms with Crippen molar-refractivity contribution in [2.24, 2.45) is 0 Å². The molecule has 1 aliphatic heterocycles. The lowest BCUT2D eigenvalue weighted by Gasteiger charge is -2.26. The lowest BCUT2D eigenvalue weighted by molar-refractivity contribution is -0.113. The molecule has 4 rings (SSSR count). The molecule has 0 radical (unpaired) electrons. The Morgan fingerprint density at radius 3 is 2.59 bits per heavy atom. The molecule has 3 aromatic rings. The topological polar surface area (TPSA) is 93.5 Å². The minimum atomic E-state index is -3.62. The second-order valence-electron chi connectivity index (χ2n) is 7.15. The molecule has 1 aromatic heterocycles. The fraction of sp³-hybridized carbons (Fsp3) is 0.333. The zero-order valence-electron chi connectivity index (χ0n) is 17.5. The maximum atomic E-state index is 13.0. The van der Waals surface area contributed by atoms with E-state index in [0.717, 1.165) is 5.52 Å². The van der Waals surface area contributed by atoms with Crippen LogP contribution in [-0.2, 0) is 26.1 Å². The molecule has 1 aliphatic rings. The van der Waals surface area contributed by atoms with Gasteiger partial charge in [0.05, 0.1) is 34.9 Å². The second-order valence-corrected chi connectivity index (χ2v) is 10.0. The summed E-state index contributed by atoms with van der Waals surface area (Å²) in [4.78, 5) is 17.1. The highest BCUT2D eigenvalue weighted by atomic mass is 32.2. The lowest BCUT2D eigenvalue weighted by atomic mass is 10.3. The highest BCUT2D eigenvalue weighted by molar-refractivity contribution is 7.99. The van der Waals surface area contributed by atoms with E-state index in [4.69, 9.17) is 4.74 Å². The SMILES string of the molecule is CCn1c(SCC(=O)Nc2ccc(F)cc2)nc2cc(S(=O)(=O)N3CCOCC3)ccc21. The van der Waals surface area contributed by atoms with Gasteiger partial charge in [0.25, 0.3) is 0 Å². The largest absolute Gasteiger partial charge is 0.379 e. The smallest absolute Gasteiger partial charge is 0.243 e. The zero-order valence-corrected chi connectivity index (χ0v) is 19.1. The number of rotatable bonds is 7. The van der Waals surface area contributed by atoms with Gasteiger partial charge in [0.15, 0.2) is 5.16 Å². The number of hydrogen-bond acceptors (Lipinski definition) is 6. The number of fused-ring (bicyclic) bond motifs is 1. The molecule has 2 aromatic carbocycles. The van der Waals surface area contributed by atoms with E-state index in [1.54, 1.807) is 18.2 Å². The molecule has 170 valence electrons.